The lowest BCUT2D eigenvalue weighted by molar-refractivity contribution is -0.149. The Morgan fingerprint density at radius 2 is 1.87 bits per heavy atom. The molecule has 124 valence electrons. The van der Waals surface area contributed by atoms with E-state index >= 15 is 0 Å². The lowest BCUT2D eigenvalue weighted by atomic mass is 9.84. The highest BCUT2D eigenvalue weighted by atomic mass is 16.6. The van der Waals surface area contributed by atoms with Gasteiger partial charge in [-0.25, -0.2) is 0 Å². The first-order valence-electron chi connectivity index (χ1n) is 7.77. The van der Waals surface area contributed by atoms with Crippen LogP contribution in [0.5, 0.6) is 11.5 Å². The number of fused-ring (bicyclic) bond motifs is 1. The van der Waals surface area contributed by atoms with Gasteiger partial charge in [-0.1, -0.05) is 19.9 Å². The summed E-state index contributed by atoms with van der Waals surface area (Å²) in [7, 11) is 0. The topological polar surface area (TPSA) is 84.9 Å². The average molecular weight is 319 g/mol. The average Bonchev–Trinajstić information content (AvgIpc) is 3.34. The molecule has 3 rings (SSSR count). The van der Waals surface area contributed by atoms with E-state index in [-0.39, 0.29) is 5.41 Å². The SMILES string of the molecule is CC(C)(CNC(=O)C1(C(=O)O)CC1)c1ccc2c(c1)OCCO2. The van der Waals surface area contributed by atoms with E-state index in [0.29, 0.717) is 38.3 Å². The number of hydrogen-bond acceptors (Lipinski definition) is 4. The van der Waals surface area contributed by atoms with E-state index < -0.39 is 17.3 Å². The molecule has 1 aliphatic heterocycles. The molecule has 0 atom stereocenters. The van der Waals surface area contributed by atoms with Gasteiger partial charge in [0.05, 0.1) is 0 Å². The third kappa shape index (κ3) is 2.85. The molecule has 1 aromatic carbocycles. The molecule has 0 radical (unpaired) electrons. The maximum Gasteiger partial charge on any atom is 0.319 e. The monoisotopic (exact) mass is 319 g/mol. The Morgan fingerprint density at radius 1 is 1.22 bits per heavy atom. The van der Waals surface area contributed by atoms with E-state index in [2.05, 4.69) is 5.32 Å². The molecule has 0 spiro atoms. The van der Waals surface area contributed by atoms with Crippen LogP contribution in [-0.2, 0) is 15.0 Å². The first kappa shape index (κ1) is 15.6. The third-order valence-corrected chi connectivity index (χ3v) is 4.61. The van der Waals surface area contributed by atoms with E-state index in [0.717, 1.165) is 11.3 Å². The van der Waals surface area contributed by atoms with Crippen molar-refractivity contribution in [3.63, 3.8) is 0 Å². The molecule has 6 heteroatoms. The van der Waals surface area contributed by atoms with Crippen molar-refractivity contribution in [2.45, 2.75) is 32.1 Å². The fraction of sp³-hybridized carbons (Fsp3) is 0.529. The predicted molar refractivity (Wildman–Crippen MR) is 82.8 cm³/mol. The summed E-state index contributed by atoms with van der Waals surface area (Å²) in [6.45, 7) is 5.43. The number of hydrogen-bond donors (Lipinski definition) is 2. The summed E-state index contributed by atoms with van der Waals surface area (Å²) in [4.78, 5) is 23.3. The standard InChI is InChI=1S/C17H21NO5/c1-16(2,10-18-14(19)17(5-6-17)15(20)21)11-3-4-12-13(9-11)23-8-7-22-12/h3-4,9H,5-8,10H2,1-2H3,(H,18,19)(H,20,21). The number of carboxylic acids is 1. The van der Waals surface area contributed by atoms with Gasteiger partial charge in [-0.05, 0) is 30.5 Å². The van der Waals surface area contributed by atoms with Crippen molar-refractivity contribution >= 4 is 11.9 Å². The van der Waals surface area contributed by atoms with Gasteiger partial charge in [-0.15, -0.1) is 0 Å². The highest BCUT2D eigenvalue weighted by Gasteiger charge is 2.57. The molecule has 0 unspecified atom stereocenters. The number of aliphatic carboxylic acids is 1. The number of carbonyl (C=O) groups is 2. The first-order chi connectivity index (χ1) is 10.8. The van der Waals surface area contributed by atoms with Crippen LogP contribution in [0.25, 0.3) is 0 Å². The van der Waals surface area contributed by atoms with Crippen LogP contribution >= 0.6 is 0 Å². The van der Waals surface area contributed by atoms with E-state index in [1.54, 1.807) is 0 Å². The Labute approximate surface area is 134 Å². The van der Waals surface area contributed by atoms with E-state index in [9.17, 15) is 9.59 Å². The summed E-state index contributed by atoms with van der Waals surface area (Å²) in [5.74, 6) is 0.00255. The molecule has 6 nitrogen and oxygen atoms in total. The second kappa shape index (κ2) is 5.44. The molecule has 0 saturated heterocycles. The second-order valence-corrected chi connectivity index (χ2v) is 6.81. The molecule has 2 N–H and O–H groups in total. The summed E-state index contributed by atoms with van der Waals surface area (Å²) < 4.78 is 11.1. The van der Waals surface area contributed by atoms with E-state index in [1.807, 2.05) is 32.0 Å². The summed E-state index contributed by atoms with van der Waals surface area (Å²) >= 11 is 0. The van der Waals surface area contributed by atoms with Crippen molar-refractivity contribution < 1.29 is 24.2 Å². The Bertz CT molecular complexity index is 648. The van der Waals surface area contributed by atoms with Crippen LogP contribution in [0.4, 0.5) is 0 Å². The van der Waals surface area contributed by atoms with Crippen LogP contribution in [0, 0.1) is 5.41 Å². The molecule has 1 aromatic rings. The normalized spacial score (nSPS) is 18.2. The number of carbonyl (C=O) groups excluding carboxylic acids is 1. The summed E-state index contributed by atoms with van der Waals surface area (Å²) in [5.41, 5.74) is -0.551. The molecular formula is C17H21NO5. The Morgan fingerprint density at radius 3 is 2.48 bits per heavy atom. The molecule has 0 bridgehead atoms. The van der Waals surface area contributed by atoms with Crippen LogP contribution in [0.2, 0.25) is 0 Å². The maximum absolute atomic E-state index is 12.1. The van der Waals surface area contributed by atoms with Crippen LogP contribution in [0.15, 0.2) is 18.2 Å². The van der Waals surface area contributed by atoms with Crippen molar-refractivity contribution in [1.29, 1.82) is 0 Å². The van der Waals surface area contributed by atoms with Gasteiger partial charge in [0.15, 0.2) is 11.5 Å². The van der Waals surface area contributed by atoms with Gasteiger partial charge in [-0.2, -0.15) is 0 Å². The van der Waals surface area contributed by atoms with Gasteiger partial charge < -0.3 is 19.9 Å². The van der Waals surface area contributed by atoms with Crippen molar-refractivity contribution in [2.75, 3.05) is 19.8 Å². The Kier molecular flexibility index (Phi) is 3.70. The quantitative estimate of drug-likeness (QED) is 0.807. The molecule has 1 saturated carbocycles. The molecule has 1 fully saturated rings. The number of benzene rings is 1. The van der Waals surface area contributed by atoms with Crippen LogP contribution in [-0.4, -0.2) is 36.7 Å². The van der Waals surface area contributed by atoms with Gasteiger partial charge in [0.2, 0.25) is 5.91 Å². The van der Waals surface area contributed by atoms with Gasteiger partial charge in [0, 0.05) is 12.0 Å². The minimum absolute atomic E-state index is 0.347. The molecule has 23 heavy (non-hydrogen) atoms. The van der Waals surface area contributed by atoms with E-state index in [1.165, 1.54) is 0 Å². The number of ether oxygens (including phenoxy) is 2. The number of nitrogens with one attached hydrogen (secondary N) is 1. The predicted octanol–water partition coefficient (Wildman–Crippen LogP) is 1.72. The zero-order valence-electron chi connectivity index (χ0n) is 13.3. The van der Waals surface area contributed by atoms with Gasteiger partial charge in [0.1, 0.15) is 18.6 Å². The molecular weight excluding hydrogens is 298 g/mol. The summed E-state index contributed by atoms with van der Waals surface area (Å²) in [6, 6.07) is 5.74. The minimum atomic E-state index is -1.21. The minimum Gasteiger partial charge on any atom is -0.486 e. The molecule has 0 aromatic heterocycles. The zero-order chi connectivity index (χ0) is 16.7. The first-order valence-corrected chi connectivity index (χ1v) is 7.77. The fourth-order valence-corrected chi connectivity index (χ4v) is 2.70. The number of rotatable bonds is 5. The van der Waals surface area contributed by atoms with Crippen molar-refractivity contribution in [1.82, 2.24) is 5.32 Å². The third-order valence-electron chi connectivity index (χ3n) is 4.61. The van der Waals surface area contributed by atoms with Crippen LogP contribution < -0.4 is 14.8 Å². The van der Waals surface area contributed by atoms with E-state index in [4.69, 9.17) is 14.6 Å². The molecule has 2 aliphatic rings. The van der Waals surface area contributed by atoms with Gasteiger partial charge in [-0.3, -0.25) is 9.59 Å². The highest BCUT2D eigenvalue weighted by molar-refractivity contribution is 6.04. The number of amides is 1. The maximum atomic E-state index is 12.1. The van der Waals surface area contributed by atoms with Crippen molar-refractivity contribution in [3.8, 4) is 11.5 Å². The summed E-state index contributed by atoms with van der Waals surface area (Å²) in [6.07, 6.45) is 0.831. The largest absolute Gasteiger partial charge is 0.486 e. The van der Waals surface area contributed by atoms with Gasteiger partial charge in [0.25, 0.3) is 0 Å². The highest BCUT2D eigenvalue weighted by Crippen LogP contribution is 2.46. The molecule has 1 heterocycles. The lowest BCUT2D eigenvalue weighted by Crippen LogP contribution is -2.43. The molecule has 1 aliphatic carbocycles. The zero-order valence-corrected chi connectivity index (χ0v) is 13.3. The number of carboxylic acid groups (broad SMARTS) is 1. The fourth-order valence-electron chi connectivity index (χ4n) is 2.70. The second-order valence-electron chi connectivity index (χ2n) is 6.81. The molecule has 1 amide bonds. The smallest absolute Gasteiger partial charge is 0.319 e. The van der Waals surface area contributed by atoms with Crippen molar-refractivity contribution in [2.24, 2.45) is 5.41 Å². The Balaban J connectivity index is 1.69. The lowest BCUT2D eigenvalue weighted by Gasteiger charge is -2.28. The summed E-state index contributed by atoms with van der Waals surface area (Å²) in [5, 5.41) is 12.0. The van der Waals surface area contributed by atoms with Crippen LogP contribution in [0.1, 0.15) is 32.3 Å². The van der Waals surface area contributed by atoms with Crippen LogP contribution in [0.3, 0.4) is 0 Å². The Hall–Kier alpha value is -2.24. The van der Waals surface area contributed by atoms with Crippen molar-refractivity contribution in [3.05, 3.63) is 23.8 Å². The van der Waals surface area contributed by atoms with Gasteiger partial charge >= 0.3 is 5.97 Å².